The number of carboxylic acid groups (broad SMARTS) is 1. The lowest BCUT2D eigenvalue weighted by molar-refractivity contribution is -0.142. The van der Waals surface area contributed by atoms with Gasteiger partial charge < -0.3 is 10.0 Å². The minimum atomic E-state index is -0.852. The molecule has 0 bridgehead atoms. The van der Waals surface area contributed by atoms with Crippen LogP contribution in [0.5, 0.6) is 0 Å². The molecule has 0 saturated heterocycles. The van der Waals surface area contributed by atoms with Crippen LogP contribution in [0, 0.1) is 5.41 Å². The van der Waals surface area contributed by atoms with Gasteiger partial charge in [0.25, 0.3) is 0 Å². The normalized spacial score (nSPS) is 11.3. The molecular weight excluding hydrogens is 230 g/mol. The van der Waals surface area contributed by atoms with Crippen LogP contribution >= 0.6 is 0 Å². The molecule has 0 aliphatic carbocycles. The van der Waals surface area contributed by atoms with Crippen molar-refractivity contribution in [1.29, 1.82) is 0 Å². The molecule has 106 valence electrons. The van der Waals surface area contributed by atoms with E-state index in [1.54, 1.807) is 4.90 Å². The number of amides is 1. The fourth-order valence-corrected chi connectivity index (χ4v) is 1.75. The Hall–Kier alpha value is -1.06. The van der Waals surface area contributed by atoms with Crippen LogP contribution in [0.3, 0.4) is 0 Å². The number of unbranched alkanes of at least 4 members (excludes halogenated alkanes) is 3. The topological polar surface area (TPSA) is 57.6 Å². The maximum atomic E-state index is 12.2. The van der Waals surface area contributed by atoms with E-state index >= 15 is 0 Å². The number of hydrogen-bond donors (Lipinski definition) is 1. The van der Waals surface area contributed by atoms with Crippen molar-refractivity contribution < 1.29 is 14.7 Å². The van der Waals surface area contributed by atoms with Crippen molar-refractivity contribution in [1.82, 2.24) is 4.90 Å². The number of aliphatic carboxylic acids is 1. The average molecular weight is 257 g/mol. The third-order valence-corrected chi connectivity index (χ3v) is 2.81. The Kier molecular flexibility index (Phi) is 7.64. The summed E-state index contributed by atoms with van der Waals surface area (Å²) in [6.07, 6.45) is 4.39. The van der Waals surface area contributed by atoms with E-state index in [1.165, 1.54) is 0 Å². The van der Waals surface area contributed by atoms with Crippen molar-refractivity contribution in [2.75, 3.05) is 13.1 Å². The first-order chi connectivity index (χ1) is 8.29. The van der Waals surface area contributed by atoms with Gasteiger partial charge in [0.2, 0.25) is 5.91 Å². The Labute approximate surface area is 110 Å². The molecular formula is C14H27NO3. The van der Waals surface area contributed by atoms with Crippen molar-refractivity contribution >= 4 is 11.9 Å². The Bertz CT molecular complexity index is 269. The number of carbonyl (C=O) groups excluding carboxylic acids is 1. The Morgan fingerprint density at radius 1 is 1.06 bits per heavy atom. The monoisotopic (exact) mass is 257 g/mol. The molecule has 0 unspecified atom stereocenters. The molecule has 0 heterocycles. The molecule has 4 nitrogen and oxygen atoms in total. The van der Waals surface area contributed by atoms with Crippen molar-refractivity contribution in [2.24, 2.45) is 5.41 Å². The van der Waals surface area contributed by atoms with E-state index in [-0.39, 0.29) is 12.3 Å². The van der Waals surface area contributed by atoms with Gasteiger partial charge in [0, 0.05) is 18.5 Å². The number of hydrogen-bond acceptors (Lipinski definition) is 2. The second-order valence-corrected chi connectivity index (χ2v) is 5.75. The maximum Gasteiger partial charge on any atom is 0.305 e. The molecule has 4 heteroatoms. The summed E-state index contributed by atoms with van der Waals surface area (Å²) in [6.45, 7) is 8.74. The van der Waals surface area contributed by atoms with E-state index in [9.17, 15) is 9.59 Å². The van der Waals surface area contributed by atoms with Crippen LogP contribution in [0.1, 0.15) is 59.8 Å². The van der Waals surface area contributed by atoms with Gasteiger partial charge in [-0.3, -0.25) is 9.59 Å². The van der Waals surface area contributed by atoms with Crippen LogP contribution in [0.15, 0.2) is 0 Å². The SMILES string of the molecule is CCCCCCN(CCC(=O)O)C(=O)C(C)(C)C. The summed E-state index contributed by atoms with van der Waals surface area (Å²) in [4.78, 5) is 24.5. The van der Waals surface area contributed by atoms with Gasteiger partial charge >= 0.3 is 5.97 Å². The predicted octanol–water partition coefficient (Wildman–Crippen LogP) is 2.92. The minimum Gasteiger partial charge on any atom is -0.481 e. The van der Waals surface area contributed by atoms with Crippen molar-refractivity contribution in [3.63, 3.8) is 0 Å². The first kappa shape index (κ1) is 16.9. The first-order valence-corrected chi connectivity index (χ1v) is 6.80. The highest BCUT2D eigenvalue weighted by atomic mass is 16.4. The number of carboxylic acids is 1. The lowest BCUT2D eigenvalue weighted by Crippen LogP contribution is -2.41. The third-order valence-electron chi connectivity index (χ3n) is 2.81. The highest BCUT2D eigenvalue weighted by Crippen LogP contribution is 2.18. The van der Waals surface area contributed by atoms with E-state index in [0.29, 0.717) is 13.1 Å². The molecule has 0 atom stereocenters. The summed E-state index contributed by atoms with van der Waals surface area (Å²) in [7, 11) is 0. The number of rotatable bonds is 8. The summed E-state index contributed by atoms with van der Waals surface area (Å²) in [5, 5.41) is 8.72. The van der Waals surface area contributed by atoms with Gasteiger partial charge in [-0.1, -0.05) is 47.0 Å². The van der Waals surface area contributed by atoms with E-state index in [2.05, 4.69) is 6.92 Å². The molecule has 0 rings (SSSR count). The zero-order valence-electron chi connectivity index (χ0n) is 12.2. The van der Waals surface area contributed by atoms with Gasteiger partial charge in [-0.25, -0.2) is 0 Å². The lowest BCUT2D eigenvalue weighted by atomic mass is 9.94. The average Bonchev–Trinajstić information content (AvgIpc) is 2.25. The minimum absolute atomic E-state index is 0.0234. The second kappa shape index (κ2) is 8.11. The van der Waals surface area contributed by atoms with Crippen LogP contribution in [-0.2, 0) is 9.59 Å². The maximum absolute atomic E-state index is 12.2. The van der Waals surface area contributed by atoms with Crippen LogP contribution in [0.2, 0.25) is 0 Å². The van der Waals surface area contributed by atoms with Gasteiger partial charge in [0.15, 0.2) is 0 Å². The lowest BCUT2D eigenvalue weighted by Gasteiger charge is -2.29. The van der Waals surface area contributed by atoms with Gasteiger partial charge in [-0.15, -0.1) is 0 Å². The zero-order valence-corrected chi connectivity index (χ0v) is 12.2. The highest BCUT2D eigenvalue weighted by Gasteiger charge is 2.26. The van der Waals surface area contributed by atoms with Crippen LogP contribution in [-0.4, -0.2) is 35.0 Å². The predicted molar refractivity (Wildman–Crippen MR) is 72.4 cm³/mol. The molecule has 0 fully saturated rings. The molecule has 0 radical (unpaired) electrons. The summed E-state index contributed by atoms with van der Waals surface area (Å²) in [6, 6.07) is 0. The van der Waals surface area contributed by atoms with E-state index < -0.39 is 11.4 Å². The zero-order chi connectivity index (χ0) is 14.2. The molecule has 18 heavy (non-hydrogen) atoms. The van der Waals surface area contributed by atoms with E-state index in [0.717, 1.165) is 25.7 Å². The van der Waals surface area contributed by atoms with Crippen LogP contribution in [0.4, 0.5) is 0 Å². The Balaban J connectivity index is 4.33. The molecule has 0 aromatic heterocycles. The second-order valence-electron chi connectivity index (χ2n) is 5.75. The van der Waals surface area contributed by atoms with Gasteiger partial charge in [-0.05, 0) is 6.42 Å². The fraction of sp³-hybridized carbons (Fsp3) is 0.857. The molecule has 1 N–H and O–H groups in total. The van der Waals surface area contributed by atoms with Crippen LogP contribution in [0.25, 0.3) is 0 Å². The summed E-state index contributed by atoms with van der Waals surface area (Å²) in [5.74, 6) is -0.810. The number of nitrogens with zero attached hydrogens (tertiary/aromatic N) is 1. The molecule has 1 amide bonds. The van der Waals surface area contributed by atoms with Crippen molar-refractivity contribution in [3.05, 3.63) is 0 Å². The molecule has 0 spiro atoms. The Morgan fingerprint density at radius 3 is 2.11 bits per heavy atom. The van der Waals surface area contributed by atoms with Gasteiger partial charge in [0.05, 0.1) is 6.42 Å². The largest absolute Gasteiger partial charge is 0.481 e. The standard InChI is InChI=1S/C14H27NO3/c1-5-6-7-8-10-15(11-9-12(16)17)13(18)14(2,3)4/h5-11H2,1-4H3,(H,16,17). The number of carbonyl (C=O) groups is 2. The Morgan fingerprint density at radius 2 is 1.67 bits per heavy atom. The quantitative estimate of drug-likeness (QED) is 0.680. The fourth-order valence-electron chi connectivity index (χ4n) is 1.75. The van der Waals surface area contributed by atoms with Crippen molar-refractivity contribution in [3.8, 4) is 0 Å². The third kappa shape index (κ3) is 7.30. The molecule has 0 aromatic carbocycles. The summed E-state index contributed by atoms with van der Waals surface area (Å²) < 4.78 is 0. The van der Waals surface area contributed by atoms with E-state index in [4.69, 9.17) is 5.11 Å². The van der Waals surface area contributed by atoms with Gasteiger partial charge in [-0.2, -0.15) is 0 Å². The smallest absolute Gasteiger partial charge is 0.305 e. The van der Waals surface area contributed by atoms with Crippen molar-refractivity contribution in [2.45, 2.75) is 59.8 Å². The summed E-state index contributed by atoms with van der Waals surface area (Å²) in [5.41, 5.74) is -0.441. The molecule has 0 aromatic rings. The first-order valence-electron chi connectivity index (χ1n) is 6.80. The van der Waals surface area contributed by atoms with Crippen LogP contribution < -0.4 is 0 Å². The molecule has 0 aliphatic rings. The molecule has 0 saturated carbocycles. The highest BCUT2D eigenvalue weighted by molar-refractivity contribution is 5.82. The van der Waals surface area contributed by atoms with Gasteiger partial charge in [0.1, 0.15) is 0 Å². The summed E-state index contributed by atoms with van der Waals surface area (Å²) >= 11 is 0. The molecule has 0 aliphatic heterocycles. The van der Waals surface area contributed by atoms with E-state index in [1.807, 2.05) is 20.8 Å².